The van der Waals surface area contributed by atoms with E-state index in [0.717, 1.165) is 34.1 Å². The van der Waals surface area contributed by atoms with Crippen molar-refractivity contribution >= 4 is 10.8 Å². The van der Waals surface area contributed by atoms with Crippen molar-refractivity contribution in [2.75, 3.05) is 0 Å². The summed E-state index contributed by atoms with van der Waals surface area (Å²) in [5, 5.41) is 12.5. The lowest BCUT2D eigenvalue weighted by molar-refractivity contribution is 0.0398. The minimum absolute atomic E-state index is 0.00852. The van der Waals surface area contributed by atoms with Gasteiger partial charge in [-0.25, -0.2) is 0 Å². The Kier molecular flexibility index (Phi) is 4.59. The van der Waals surface area contributed by atoms with E-state index in [4.69, 9.17) is 14.2 Å². The van der Waals surface area contributed by atoms with Gasteiger partial charge in [0.25, 0.3) is 0 Å². The Balaban J connectivity index is 2.21. The van der Waals surface area contributed by atoms with Crippen LogP contribution in [0, 0.1) is 0 Å². The molecule has 130 valence electrons. The van der Waals surface area contributed by atoms with Crippen LogP contribution < -0.4 is 9.47 Å². The van der Waals surface area contributed by atoms with Crippen LogP contribution in [-0.2, 0) is 17.8 Å². The average molecular weight is 330 g/mol. The zero-order valence-corrected chi connectivity index (χ0v) is 15.1. The standard InChI is InChI=1S/C20H26O4/c1-11(2)23-16-8-15-7-14-6-13(5)22-10-17(14)20(21)19(15)18(9-16)24-12(3)4/h7-9,11-13,21H,6,10H2,1-5H3/t13-/m0/s1. The van der Waals surface area contributed by atoms with E-state index in [1.807, 2.05) is 39.8 Å². The molecule has 0 saturated heterocycles. The fraction of sp³-hybridized carbons (Fsp3) is 0.500. The molecule has 0 aromatic heterocycles. The Morgan fingerprint density at radius 3 is 2.46 bits per heavy atom. The van der Waals surface area contributed by atoms with Crippen LogP contribution in [0.2, 0.25) is 0 Å². The molecule has 1 aliphatic rings. The Bertz CT molecular complexity index is 749. The molecule has 0 amide bonds. The molecule has 0 spiro atoms. The molecule has 0 aliphatic carbocycles. The van der Waals surface area contributed by atoms with Gasteiger partial charge >= 0.3 is 0 Å². The van der Waals surface area contributed by atoms with Gasteiger partial charge in [0.2, 0.25) is 0 Å². The van der Waals surface area contributed by atoms with Crippen LogP contribution in [0.4, 0.5) is 0 Å². The first-order valence-corrected chi connectivity index (χ1v) is 8.61. The highest BCUT2D eigenvalue weighted by atomic mass is 16.5. The third-order valence-electron chi connectivity index (χ3n) is 4.10. The summed E-state index contributed by atoms with van der Waals surface area (Å²) < 4.78 is 17.5. The highest BCUT2D eigenvalue weighted by Crippen LogP contribution is 2.43. The molecular formula is C20H26O4. The van der Waals surface area contributed by atoms with Crippen LogP contribution >= 0.6 is 0 Å². The van der Waals surface area contributed by atoms with E-state index in [-0.39, 0.29) is 24.1 Å². The highest BCUT2D eigenvalue weighted by molar-refractivity contribution is 5.96. The zero-order chi connectivity index (χ0) is 17.4. The molecule has 3 rings (SSSR count). The number of benzene rings is 2. The molecule has 24 heavy (non-hydrogen) atoms. The van der Waals surface area contributed by atoms with E-state index < -0.39 is 0 Å². The molecule has 2 aromatic carbocycles. The molecule has 0 radical (unpaired) electrons. The van der Waals surface area contributed by atoms with Crippen molar-refractivity contribution in [1.29, 1.82) is 0 Å². The summed E-state index contributed by atoms with van der Waals surface area (Å²) in [5.41, 5.74) is 2.00. The molecule has 1 atom stereocenters. The van der Waals surface area contributed by atoms with E-state index in [0.29, 0.717) is 12.4 Å². The van der Waals surface area contributed by atoms with Gasteiger partial charge in [-0.1, -0.05) is 6.07 Å². The fourth-order valence-electron chi connectivity index (χ4n) is 3.18. The van der Waals surface area contributed by atoms with Gasteiger partial charge in [-0.3, -0.25) is 0 Å². The van der Waals surface area contributed by atoms with Crippen molar-refractivity contribution in [2.24, 2.45) is 0 Å². The molecule has 1 heterocycles. The number of phenols is 1. The molecule has 1 aliphatic heterocycles. The van der Waals surface area contributed by atoms with Gasteiger partial charge in [0.05, 0.1) is 30.3 Å². The van der Waals surface area contributed by atoms with Gasteiger partial charge in [0, 0.05) is 11.6 Å². The Hall–Kier alpha value is -1.94. The van der Waals surface area contributed by atoms with Crippen molar-refractivity contribution in [3.05, 3.63) is 29.3 Å². The molecule has 0 fully saturated rings. The van der Waals surface area contributed by atoms with E-state index in [1.165, 1.54) is 0 Å². The second-order valence-corrected chi connectivity index (χ2v) is 7.04. The van der Waals surface area contributed by atoms with Crippen LogP contribution in [0.1, 0.15) is 45.7 Å². The van der Waals surface area contributed by atoms with E-state index in [1.54, 1.807) is 0 Å². The number of fused-ring (bicyclic) bond motifs is 2. The van der Waals surface area contributed by atoms with Crippen LogP contribution in [0.3, 0.4) is 0 Å². The first-order valence-electron chi connectivity index (χ1n) is 8.61. The summed E-state index contributed by atoms with van der Waals surface area (Å²) in [6.45, 7) is 10.4. The maximum atomic E-state index is 10.8. The minimum Gasteiger partial charge on any atom is -0.507 e. The first kappa shape index (κ1) is 16.9. The zero-order valence-electron chi connectivity index (χ0n) is 15.1. The number of hydrogen-bond acceptors (Lipinski definition) is 4. The third-order valence-corrected chi connectivity index (χ3v) is 4.10. The second-order valence-electron chi connectivity index (χ2n) is 7.04. The predicted molar refractivity (Wildman–Crippen MR) is 95.1 cm³/mol. The molecule has 2 aromatic rings. The molecule has 4 nitrogen and oxygen atoms in total. The third kappa shape index (κ3) is 3.29. The van der Waals surface area contributed by atoms with Gasteiger partial charge < -0.3 is 19.3 Å². The fourth-order valence-corrected chi connectivity index (χ4v) is 3.18. The Morgan fingerprint density at radius 1 is 1.08 bits per heavy atom. The molecule has 4 heteroatoms. The van der Waals surface area contributed by atoms with Gasteiger partial charge in [0.15, 0.2) is 0 Å². The topological polar surface area (TPSA) is 47.9 Å². The molecule has 0 unspecified atom stereocenters. The number of ether oxygens (including phenoxy) is 3. The number of rotatable bonds is 4. The summed E-state index contributed by atoms with van der Waals surface area (Å²) in [6.07, 6.45) is 1.05. The summed E-state index contributed by atoms with van der Waals surface area (Å²) in [5.74, 6) is 1.67. The summed E-state index contributed by atoms with van der Waals surface area (Å²) in [6, 6.07) is 5.97. The molecule has 0 saturated carbocycles. The first-order chi connectivity index (χ1) is 11.3. The smallest absolute Gasteiger partial charge is 0.134 e. The van der Waals surface area contributed by atoms with Crippen molar-refractivity contribution < 1.29 is 19.3 Å². The second kappa shape index (κ2) is 6.52. The van der Waals surface area contributed by atoms with Crippen molar-refractivity contribution in [2.45, 2.75) is 66.0 Å². The van der Waals surface area contributed by atoms with Crippen molar-refractivity contribution in [3.63, 3.8) is 0 Å². The quantitative estimate of drug-likeness (QED) is 0.891. The van der Waals surface area contributed by atoms with Crippen molar-refractivity contribution in [1.82, 2.24) is 0 Å². The lowest BCUT2D eigenvalue weighted by atomic mass is 9.94. The lowest BCUT2D eigenvalue weighted by Gasteiger charge is -2.25. The van der Waals surface area contributed by atoms with Gasteiger partial charge in [-0.15, -0.1) is 0 Å². The van der Waals surface area contributed by atoms with Gasteiger partial charge in [-0.05, 0) is 58.1 Å². The maximum Gasteiger partial charge on any atom is 0.134 e. The maximum absolute atomic E-state index is 10.8. The summed E-state index contributed by atoms with van der Waals surface area (Å²) in [7, 11) is 0. The monoisotopic (exact) mass is 330 g/mol. The molecule has 0 bridgehead atoms. The summed E-state index contributed by atoms with van der Waals surface area (Å²) >= 11 is 0. The van der Waals surface area contributed by atoms with Gasteiger partial charge in [0.1, 0.15) is 17.2 Å². The lowest BCUT2D eigenvalue weighted by Crippen LogP contribution is -2.19. The minimum atomic E-state index is 0.00852. The highest BCUT2D eigenvalue weighted by Gasteiger charge is 2.23. The van der Waals surface area contributed by atoms with Crippen molar-refractivity contribution in [3.8, 4) is 17.2 Å². The van der Waals surface area contributed by atoms with Crippen LogP contribution in [0.25, 0.3) is 10.8 Å². The van der Waals surface area contributed by atoms with E-state index in [9.17, 15) is 5.11 Å². The number of phenolic OH excluding ortho intramolecular Hbond substituents is 1. The molecular weight excluding hydrogens is 304 g/mol. The van der Waals surface area contributed by atoms with E-state index >= 15 is 0 Å². The number of hydrogen-bond donors (Lipinski definition) is 1. The van der Waals surface area contributed by atoms with Crippen LogP contribution in [-0.4, -0.2) is 23.4 Å². The Labute approximate surface area is 143 Å². The largest absolute Gasteiger partial charge is 0.507 e. The normalized spacial score (nSPS) is 17.4. The van der Waals surface area contributed by atoms with Crippen LogP contribution in [0.5, 0.6) is 17.2 Å². The molecule has 1 N–H and O–H groups in total. The van der Waals surface area contributed by atoms with Gasteiger partial charge in [-0.2, -0.15) is 0 Å². The SMILES string of the molecule is CC(C)Oc1cc(OC(C)C)c2c(O)c3c(cc2c1)C[C@H](C)OC3. The average Bonchev–Trinajstić information content (AvgIpc) is 2.44. The number of aromatic hydroxyl groups is 1. The predicted octanol–water partition coefficient (Wildman–Crippen LogP) is 4.58. The van der Waals surface area contributed by atoms with E-state index in [2.05, 4.69) is 13.0 Å². The Morgan fingerprint density at radius 2 is 1.79 bits per heavy atom. The summed E-state index contributed by atoms with van der Waals surface area (Å²) in [4.78, 5) is 0. The van der Waals surface area contributed by atoms with Crippen LogP contribution in [0.15, 0.2) is 18.2 Å².